The number of hydrogen-bond donors (Lipinski definition) is 1. The molecule has 2 aromatic carbocycles. The number of rotatable bonds is 7. The van der Waals surface area contributed by atoms with Crippen LogP contribution in [-0.4, -0.2) is 29.9 Å². The largest absolute Gasteiger partial charge is 0.493 e. The van der Waals surface area contributed by atoms with Crippen LogP contribution in [-0.2, 0) is 22.7 Å². The number of nitrogens with one attached hydrogen (secondary N) is 1. The van der Waals surface area contributed by atoms with Crippen molar-refractivity contribution in [3.05, 3.63) is 88.9 Å². The van der Waals surface area contributed by atoms with Gasteiger partial charge in [-0.1, -0.05) is 35.9 Å². The van der Waals surface area contributed by atoms with Gasteiger partial charge in [-0.3, -0.25) is 19.8 Å². The van der Waals surface area contributed by atoms with E-state index in [0.717, 1.165) is 16.0 Å². The molecule has 1 aliphatic heterocycles. The third-order valence-electron chi connectivity index (χ3n) is 5.06. The summed E-state index contributed by atoms with van der Waals surface area (Å²) in [6.07, 6.45) is 2.85. The van der Waals surface area contributed by atoms with Gasteiger partial charge in [0, 0.05) is 0 Å². The molecule has 2 heterocycles. The fourth-order valence-electron chi connectivity index (χ4n) is 3.42. The average molecular weight is 446 g/mol. The minimum absolute atomic E-state index is 0.0860. The van der Waals surface area contributed by atoms with Gasteiger partial charge in [0.2, 0.25) is 0 Å². The number of imide groups is 2. The molecule has 1 saturated heterocycles. The number of carbonyl (C=O) groups is 3. The highest BCUT2D eigenvalue weighted by Gasteiger charge is 2.36. The molecule has 0 saturated carbocycles. The molecule has 3 aromatic rings. The normalized spacial score (nSPS) is 15.0. The Labute approximate surface area is 190 Å². The number of ether oxygens (including phenoxy) is 2. The monoisotopic (exact) mass is 446 g/mol. The molecule has 1 N–H and O–H groups in total. The summed E-state index contributed by atoms with van der Waals surface area (Å²) in [5, 5.41) is 2.19. The first kappa shape index (κ1) is 21.9. The van der Waals surface area contributed by atoms with Gasteiger partial charge in [0.05, 0.1) is 19.9 Å². The molecule has 1 aliphatic rings. The van der Waals surface area contributed by atoms with Gasteiger partial charge in [-0.25, -0.2) is 4.79 Å². The summed E-state index contributed by atoms with van der Waals surface area (Å²) in [5.41, 5.74) is 2.53. The molecule has 0 atom stereocenters. The van der Waals surface area contributed by atoms with Crippen molar-refractivity contribution in [2.24, 2.45) is 0 Å². The summed E-state index contributed by atoms with van der Waals surface area (Å²) < 4.78 is 16.5. The summed E-state index contributed by atoms with van der Waals surface area (Å²) in [6.45, 7) is 2.29. The first-order valence-electron chi connectivity index (χ1n) is 10.2. The number of hydrogen-bond acceptors (Lipinski definition) is 6. The van der Waals surface area contributed by atoms with E-state index in [1.807, 2.05) is 31.2 Å². The maximum Gasteiger partial charge on any atom is 0.331 e. The Kier molecular flexibility index (Phi) is 6.26. The molecule has 8 nitrogen and oxygen atoms in total. The second kappa shape index (κ2) is 9.44. The van der Waals surface area contributed by atoms with Crippen molar-refractivity contribution in [3.63, 3.8) is 0 Å². The zero-order valence-electron chi connectivity index (χ0n) is 18.2. The SMILES string of the molecule is COc1cc(/C=C2\C(=O)NC(=O)N(Cc3ccco3)C2=O)ccc1OCc1cccc(C)c1. The molecule has 1 aromatic heterocycles. The van der Waals surface area contributed by atoms with Gasteiger partial charge in [0.1, 0.15) is 17.9 Å². The maximum atomic E-state index is 12.9. The highest BCUT2D eigenvalue weighted by atomic mass is 16.5. The van der Waals surface area contributed by atoms with Gasteiger partial charge in [-0.05, 0) is 48.4 Å². The number of barbiturate groups is 1. The zero-order valence-corrected chi connectivity index (χ0v) is 18.2. The van der Waals surface area contributed by atoms with E-state index in [2.05, 4.69) is 5.32 Å². The Morgan fingerprint density at radius 3 is 2.61 bits per heavy atom. The number of benzene rings is 2. The number of aryl methyl sites for hydroxylation is 1. The smallest absolute Gasteiger partial charge is 0.331 e. The van der Waals surface area contributed by atoms with Gasteiger partial charge in [-0.2, -0.15) is 0 Å². The Balaban J connectivity index is 1.54. The zero-order chi connectivity index (χ0) is 23.4. The summed E-state index contributed by atoms with van der Waals surface area (Å²) in [4.78, 5) is 38.3. The molecule has 4 amide bonds. The minimum Gasteiger partial charge on any atom is -0.493 e. The van der Waals surface area contributed by atoms with Crippen LogP contribution in [0.2, 0.25) is 0 Å². The fraction of sp³-hybridized carbons (Fsp3) is 0.160. The van der Waals surface area contributed by atoms with Crippen LogP contribution in [0.5, 0.6) is 11.5 Å². The van der Waals surface area contributed by atoms with Crippen LogP contribution < -0.4 is 14.8 Å². The molecule has 1 fully saturated rings. The summed E-state index contributed by atoms with van der Waals surface area (Å²) in [6, 6.07) is 15.6. The molecule has 8 heteroatoms. The van der Waals surface area contributed by atoms with Crippen LogP contribution in [0.3, 0.4) is 0 Å². The third-order valence-corrected chi connectivity index (χ3v) is 5.06. The first-order valence-corrected chi connectivity index (χ1v) is 10.2. The standard InChI is InChI=1S/C25H22N2O6/c1-16-5-3-6-18(11-16)15-33-21-9-8-17(13-22(21)31-2)12-20-23(28)26-25(30)27(24(20)29)14-19-7-4-10-32-19/h3-13H,14-15H2,1-2H3,(H,26,28,30)/b20-12+. The van der Waals surface area contributed by atoms with Gasteiger partial charge >= 0.3 is 6.03 Å². The Hall–Kier alpha value is -4.33. The predicted molar refractivity (Wildman–Crippen MR) is 119 cm³/mol. The summed E-state index contributed by atoms with van der Waals surface area (Å²) in [5.74, 6) is -0.0818. The topological polar surface area (TPSA) is 98.1 Å². The lowest BCUT2D eigenvalue weighted by molar-refractivity contribution is -0.130. The number of carbonyl (C=O) groups excluding carboxylic acids is 3. The van der Waals surface area contributed by atoms with E-state index < -0.39 is 17.8 Å². The Morgan fingerprint density at radius 2 is 1.88 bits per heavy atom. The lowest BCUT2D eigenvalue weighted by Gasteiger charge is -2.25. The van der Waals surface area contributed by atoms with Crippen molar-refractivity contribution < 1.29 is 28.3 Å². The number of furan rings is 1. The second-order valence-electron chi connectivity index (χ2n) is 7.48. The lowest BCUT2D eigenvalue weighted by atomic mass is 10.1. The molecule has 168 valence electrons. The molecule has 0 spiro atoms. The molecule has 0 aliphatic carbocycles. The molecule has 0 bridgehead atoms. The van der Waals surface area contributed by atoms with Crippen LogP contribution in [0.1, 0.15) is 22.5 Å². The minimum atomic E-state index is -0.795. The van der Waals surface area contributed by atoms with Crippen molar-refractivity contribution >= 4 is 23.9 Å². The van der Waals surface area contributed by atoms with Crippen molar-refractivity contribution in [1.29, 1.82) is 0 Å². The van der Waals surface area contributed by atoms with Crippen LogP contribution in [0.15, 0.2) is 70.9 Å². The quantitative estimate of drug-likeness (QED) is 0.438. The summed E-state index contributed by atoms with van der Waals surface area (Å²) >= 11 is 0. The van der Waals surface area contributed by atoms with E-state index >= 15 is 0 Å². The van der Waals surface area contributed by atoms with Gasteiger partial charge in [0.25, 0.3) is 11.8 Å². The number of nitrogens with zero attached hydrogens (tertiary/aromatic N) is 1. The van der Waals surface area contributed by atoms with Crippen molar-refractivity contribution in [2.75, 3.05) is 7.11 Å². The molecule has 0 radical (unpaired) electrons. The van der Waals surface area contributed by atoms with E-state index in [-0.39, 0.29) is 12.1 Å². The number of urea groups is 1. The van der Waals surface area contributed by atoms with Gasteiger partial charge < -0.3 is 13.9 Å². The van der Waals surface area contributed by atoms with Crippen LogP contribution in [0.25, 0.3) is 6.08 Å². The lowest BCUT2D eigenvalue weighted by Crippen LogP contribution is -2.53. The summed E-state index contributed by atoms with van der Waals surface area (Å²) in [7, 11) is 1.51. The highest BCUT2D eigenvalue weighted by molar-refractivity contribution is 6.30. The Bertz CT molecular complexity index is 1230. The molecule has 33 heavy (non-hydrogen) atoms. The number of methoxy groups -OCH3 is 1. The second-order valence-corrected chi connectivity index (χ2v) is 7.48. The first-order chi connectivity index (χ1) is 15.9. The van der Waals surface area contributed by atoms with Crippen molar-refractivity contribution in [1.82, 2.24) is 10.2 Å². The molecular formula is C25H22N2O6. The van der Waals surface area contributed by atoms with E-state index in [0.29, 0.717) is 29.4 Å². The van der Waals surface area contributed by atoms with Crippen LogP contribution in [0.4, 0.5) is 4.79 Å². The average Bonchev–Trinajstić information content (AvgIpc) is 3.32. The van der Waals surface area contributed by atoms with Gasteiger partial charge in [0.15, 0.2) is 11.5 Å². The van der Waals surface area contributed by atoms with Gasteiger partial charge in [-0.15, -0.1) is 0 Å². The van der Waals surface area contributed by atoms with E-state index in [9.17, 15) is 14.4 Å². The van der Waals surface area contributed by atoms with E-state index in [1.165, 1.54) is 19.4 Å². The molecular weight excluding hydrogens is 424 g/mol. The third kappa shape index (κ3) is 4.95. The highest BCUT2D eigenvalue weighted by Crippen LogP contribution is 2.30. The van der Waals surface area contributed by atoms with E-state index in [4.69, 9.17) is 13.9 Å². The predicted octanol–water partition coefficient (Wildman–Crippen LogP) is 3.84. The molecule has 0 unspecified atom stereocenters. The van der Waals surface area contributed by atoms with Crippen LogP contribution in [0, 0.1) is 6.92 Å². The van der Waals surface area contributed by atoms with Crippen molar-refractivity contribution in [3.8, 4) is 11.5 Å². The fourth-order valence-corrected chi connectivity index (χ4v) is 3.42. The maximum absolute atomic E-state index is 12.9. The van der Waals surface area contributed by atoms with Crippen molar-refractivity contribution in [2.45, 2.75) is 20.1 Å². The van der Waals surface area contributed by atoms with Crippen LogP contribution >= 0.6 is 0 Å². The van der Waals surface area contributed by atoms with E-state index in [1.54, 1.807) is 30.3 Å². The molecule has 4 rings (SSSR count). The Morgan fingerprint density at radius 1 is 1.03 bits per heavy atom. The number of amides is 4.